The van der Waals surface area contributed by atoms with Crippen molar-refractivity contribution in [2.75, 3.05) is 19.0 Å². The van der Waals surface area contributed by atoms with E-state index in [-0.39, 0.29) is 5.56 Å². The van der Waals surface area contributed by atoms with E-state index in [1.807, 2.05) is 5.38 Å². The molecule has 6 heteroatoms. The van der Waals surface area contributed by atoms with Crippen molar-refractivity contribution in [1.29, 1.82) is 0 Å². The van der Waals surface area contributed by atoms with Crippen molar-refractivity contribution < 1.29 is 4.74 Å². The largest absolute Gasteiger partial charge is 0.383 e. The van der Waals surface area contributed by atoms with Gasteiger partial charge in [0, 0.05) is 37.5 Å². The standard InChI is InChI=1S/C12H15N3O2S/c1-17-6-5-15-9-10(2-3-12(15)16)14-8-11-13-4-7-18-11/h2-4,7,9,14H,5-6,8H2,1H3. The third-order valence-electron chi connectivity index (χ3n) is 2.45. The number of anilines is 1. The van der Waals surface area contributed by atoms with Crippen LogP contribution >= 0.6 is 11.3 Å². The van der Waals surface area contributed by atoms with Gasteiger partial charge in [-0.2, -0.15) is 0 Å². The third-order valence-corrected chi connectivity index (χ3v) is 3.23. The van der Waals surface area contributed by atoms with Gasteiger partial charge in [-0.15, -0.1) is 11.3 Å². The van der Waals surface area contributed by atoms with Crippen LogP contribution in [0.4, 0.5) is 5.69 Å². The predicted molar refractivity (Wildman–Crippen MR) is 72.0 cm³/mol. The number of aromatic nitrogens is 2. The molecule has 0 spiro atoms. The molecule has 0 radical (unpaired) electrons. The van der Waals surface area contributed by atoms with Gasteiger partial charge in [-0.05, 0) is 6.07 Å². The monoisotopic (exact) mass is 265 g/mol. The first kappa shape index (κ1) is 12.8. The van der Waals surface area contributed by atoms with Crippen molar-refractivity contribution in [3.8, 4) is 0 Å². The fourth-order valence-corrected chi connectivity index (χ4v) is 2.07. The van der Waals surface area contributed by atoms with Crippen LogP contribution in [0.15, 0.2) is 34.7 Å². The first-order chi connectivity index (χ1) is 8.79. The highest BCUT2D eigenvalue weighted by atomic mass is 32.1. The van der Waals surface area contributed by atoms with Gasteiger partial charge >= 0.3 is 0 Å². The van der Waals surface area contributed by atoms with Crippen LogP contribution in [0, 0.1) is 0 Å². The molecule has 0 amide bonds. The lowest BCUT2D eigenvalue weighted by Crippen LogP contribution is -2.21. The van der Waals surface area contributed by atoms with Crippen LogP contribution in [-0.2, 0) is 17.8 Å². The van der Waals surface area contributed by atoms with Crippen molar-refractivity contribution in [3.63, 3.8) is 0 Å². The number of ether oxygens (including phenoxy) is 1. The summed E-state index contributed by atoms with van der Waals surface area (Å²) in [5.41, 5.74) is 0.882. The first-order valence-corrected chi connectivity index (χ1v) is 6.49. The minimum Gasteiger partial charge on any atom is -0.383 e. The molecule has 96 valence electrons. The normalized spacial score (nSPS) is 10.5. The zero-order valence-corrected chi connectivity index (χ0v) is 10.9. The van der Waals surface area contributed by atoms with Crippen LogP contribution in [0.25, 0.3) is 0 Å². The Hall–Kier alpha value is -1.66. The number of hydrogen-bond acceptors (Lipinski definition) is 5. The van der Waals surface area contributed by atoms with Crippen LogP contribution in [0.2, 0.25) is 0 Å². The lowest BCUT2D eigenvalue weighted by atomic mass is 10.4. The number of nitrogens with one attached hydrogen (secondary N) is 1. The first-order valence-electron chi connectivity index (χ1n) is 5.61. The molecule has 0 bridgehead atoms. The SMILES string of the molecule is COCCn1cc(NCc2nccs2)ccc1=O. The Bertz CT molecular complexity index is 537. The second-order valence-electron chi connectivity index (χ2n) is 3.72. The second-order valence-corrected chi connectivity index (χ2v) is 4.70. The zero-order chi connectivity index (χ0) is 12.8. The lowest BCUT2D eigenvalue weighted by Gasteiger charge is -2.08. The molecule has 18 heavy (non-hydrogen) atoms. The molecule has 0 aliphatic carbocycles. The van der Waals surface area contributed by atoms with Crippen LogP contribution in [0.5, 0.6) is 0 Å². The molecular weight excluding hydrogens is 250 g/mol. The maximum absolute atomic E-state index is 11.6. The summed E-state index contributed by atoms with van der Waals surface area (Å²) >= 11 is 1.60. The average Bonchev–Trinajstić information content (AvgIpc) is 2.89. The van der Waals surface area contributed by atoms with E-state index < -0.39 is 0 Å². The van der Waals surface area contributed by atoms with Crippen molar-refractivity contribution in [2.45, 2.75) is 13.1 Å². The van der Waals surface area contributed by atoms with Gasteiger partial charge in [-0.3, -0.25) is 4.79 Å². The van der Waals surface area contributed by atoms with Crippen molar-refractivity contribution >= 4 is 17.0 Å². The lowest BCUT2D eigenvalue weighted by molar-refractivity contribution is 0.186. The topological polar surface area (TPSA) is 56.1 Å². The number of pyridine rings is 1. The average molecular weight is 265 g/mol. The fourth-order valence-electron chi connectivity index (χ4n) is 1.52. The number of hydrogen-bond donors (Lipinski definition) is 1. The molecule has 0 aromatic carbocycles. The van der Waals surface area contributed by atoms with Gasteiger partial charge in [0.05, 0.1) is 18.8 Å². The van der Waals surface area contributed by atoms with Gasteiger partial charge in [0.25, 0.3) is 5.56 Å². The summed E-state index contributed by atoms with van der Waals surface area (Å²) in [6.45, 7) is 1.75. The molecular formula is C12H15N3O2S. The molecule has 0 atom stereocenters. The van der Waals surface area contributed by atoms with Gasteiger partial charge in [-0.25, -0.2) is 4.98 Å². The molecule has 0 aliphatic heterocycles. The zero-order valence-electron chi connectivity index (χ0n) is 10.1. The van der Waals surface area contributed by atoms with Gasteiger partial charge in [0.1, 0.15) is 5.01 Å². The Kier molecular flexibility index (Phi) is 4.49. The third kappa shape index (κ3) is 3.41. The molecule has 2 heterocycles. The molecule has 0 saturated heterocycles. The minimum atomic E-state index is -0.0214. The second kappa shape index (κ2) is 6.32. The number of nitrogens with zero attached hydrogens (tertiary/aromatic N) is 2. The van der Waals surface area contributed by atoms with E-state index in [0.717, 1.165) is 10.7 Å². The number of methoxy groups -OCH3 is 1. The summed E-state index contributed by atoms with van der Waals surface area (Å²) in [4.78, 5) is 15.8. The Balaban J connectivity index is 2.02. The molecule has 2 aromatic heterocycles. The smallest absolute Gasteiger partial charge is 0.250 e. The van der Waals surface area contributed by atoms with E-state index in [1.165, 1.54) is 0 Å². The summed E-state index contributed by atoms with van der Waals surface area (Å²) in [6.07, 6.45) is 3.58. The van der Waals surface area contributed by atoms with Gasteiger partial charge in [0.2, 0.25) is 0 Å². The molecule has 0 saturated carbocycles. The van der Waals surface area contributed by atoms with E-state index in [9.17, 15) is 4.79 Å². The fraction of sp³-hybridized carbons (Fsp3) is 0.333. The summed E-state index contributed by atoms with van der Waals surface area (Å²) < 4.78 is 6.60. The van der Waals surface area contributed by atoms with Crippen LogP contribution in [0.3, 0.4) is 0 Å². The molecule has 2 rings (SSSR count). The van der Waals surface area contributed by atoms with E-state index in [4.69, 9.17) is 4.74 Å². The van der Waals surface area contributed by atoms with Crippen LogP contribution in [-0.4, -0.2) is 23.3 Å². The molecule has 5 nitrogen and oxygen atoms in total. The van der Waals surface area contributed by atoms with Crippen molar-refractivity contribution in [3.05, 3.63) is 45.3 Å². The maximum Gasteiger partial charge on any atom is 0.250 e. The van der Waals surface area contributed by atoms with Crippen molar-refractivity contribution in [1.82, 2.24) is 9.55 Å². The van der Waals surface area contributed by atoms with Crippen LogP contribution in [0.1, 0.15) is 5.01 Å². The summed E-state index contributed by atoms with van der Waals surface area (Å²) in [5, 5.41) is 6.20. The summed E-state index contributed by atoms with van der Waals surface area (Å²) in [6, 6.07) is 3.33. The summed E-state index contributed by atoms with van der Waals surface area (Å²) in [7, 11) is 1.62. The van der Waals surface area contributed by atoms with Crippen molar-refractivity contribution in [2.24, 2.45) is 0 Å². The molecule has 2 aromatic rings. The van der Waals surface area contributed by atoms with E-state index >= 15 is 0 Å². The predicted octanol–water partition coefficient (Wildman–Crippen LogP) is 1.56. The van der Waals surface area contributed by atoms with E-state index in [0.29, 0.717) is 19.7 Å². The minimum absolute atomic E-state index is 0.0214. The van der Waals surface area contributed by atoms with E-state index in [2.05, 4.69) is 10.3 Å². The molecule has 0 fully saturated rings. The Morgan fingerprint density at radius 2 is 2.39 bits per heavy atom. The molecule has 1 N–H and O–H groups in total. The van der Waals surface area contributed by atoms with Gasteiger partial charge in [-0.1, -0.05) is 0 Å². The van der Waals surface area contributed by atoms with Gasteiger partial charge < -0.3 is 14.6 Å². The Morgan fingerprint density at radius 3 is 3.11 bits per heavy atom. The van der Waals surface area contributed by atoms with Crippen LogP contribution < -0.4 is 10.9 Å². The quantitative estimate of drug-likeness (QED) is 0.861. The maximum atomic E-state index is 11.6. The number of rotatable bonds is 6. The molecule has 0 aliphatic rings. The molecule has 0 unspecified atom stereocenters. The summed E-state index contributed by atoms with van der Waals surface area (Å²) in [5.74, 6) is 0. The highest BCUT2D eigenvalue weighted by Crippen LogP contribution is 2.09. The highest BCUT2D eigenvalue weighted by Gasteiger charge is 2.00. The Labute approximate surface area is 109 Å². The number of thiazole rings is 1. The van der Waals surface area contributed by atoms with E-state index in [1.54, 1.807) is 47.5 Å². The highest BCUT2D eigenvalue weighted by molar-refractivity contribution is 7.09. The van der Waals surface area contributed by atoms with Gasteiger partial charge in [0.15, 0.2) is 0 Å². The Morgan fingerprint density at radius 1 is 1.50 bits per heavy atom.